The molecule has 0 aliphatic carbocycles. The van der Waals surface area contributed by atoms with Crippen LogP contribution in [0.3, 0.4) is 0 Å². The molecule has 2 fully saturated rings. The molecule has 7 atom stereocenters. The number of methoxy groups -OCH3 is 1. The number of carbonyl (C=O) groups is 4. The smallest absolute Gasteiger partial charge is 0.313 e. The van der Waals surface area contributed by atoms with Crippen molar-refractivity contribution in [2.24, 2.45) is 11.8 Å². The van der Waals surface area contributed by atoms with Gasteiger partial charge >= 0.3 is 5.97 Å². The molecule has 0 radical (unpaired) electrons. The number of cyclic esters (lactones) is 1. The average Bonchev–Trinajstić information content (AvgIpc) is 3.39. The summed E-state index contributed by atoms with van der Waals surface area (Å²) in [7, 11) is 1.52. The Balaban J connectivity index is 1.59. The number of rotatable bonds is 8. The van der Waals surface area contributed by atoms with Crippen molar-refractivity contribution >= 4 is 23.7 Å². The Morgan fingerprint density at radius 3 is 2.50 bits per heavy atom. The number of nitrogens with zero attached hydrogens (tertiary/aromatic N) is 2. The number of aliphatic hydroxyl groups excluding tert-OH is 1. The normalized spacial score (nSPS) is 32.5. The van der Waals surface area contributed by atoms with E-state index in [1.54, 1.807) is 22.0 Å². The molecular formula is C35H47N3O8. The lowest BCUT2D eigenvalue weighted by atomic mass is 9.77. The number of unbranched alkanes of at least 4 members (excludes halogenated alkanes) is 2. The minimum Gasteiger partial charge on any atom is -0.455 e. The summed E-state index contributed by atoms with van der Waals surface area (Å²) in [6, 6.07) is 7.48. The van der Waals surface area contributed by atoms with Crippen LogP contribution in [0.4, 0.5) is 0 Å². The van der Waals surface area contributed by atoms with Crippen LogP contribution < -0.4 is 5.32 Å². The van der Waals surface area contributed by atoms with Gasteiger partial charge in [0, 0.05) is 38.8 Å². The molecule has 250 valence electrons. The molecule has 2 saturated heterocycles. The number of carbonyl (C=O) groups excluding carboxylic acids is 4. The third kappa shape index (κ3) is 6.50. The first-order valence-corrected chi connectivity index (χ1v) is 16.3. The van der Waals surface area contributed by atoms with Gasteiger partial charge < -0.3 is 34.4 Å². The number of likely N-dealkylation sites (tertiary alicyclic amines) is 1. The highest BCUT2D eigenvalue weighted by molar-refractivity contribution is 5.99. The van der Waals surface area contributed by atoms with Gasteiger partial charge in [0.1, 0.15) is 23.7 Å². The Morgan fingerprint density at radius 2 is 1.80 bits per heavy atom. The van der Waals surface area contributed by atoms with Gasteiger partial charge in [0.25, 0.3) is 0 Å². The Labute approximate surface area is 270 Å². The molecule has 0 aromatic heterocycles. The second kappa shape index (κ2) is 14.1. The third-order valence-corrected chi connectivity index (χ3v) is 9.43. The van der Waals surface area contributed by atoms with E-state index in [-0.39, 0.29) is 37.4 Å². The first kappa shape index (κ1) is 33.8. The molecular weight excluding hydrogens is 590 g/mol. The molecule has 1 aromatic rings. The van der Waals surface area contributed by atoms with Crippen molar-refractivity contribution in [2.75, 3.05) is 33.4 Å². The second-order valence-electron chi connectivity index (χ2n) is 13.5. The van der Waals surface area contributed by atoms with Crippen molar-refractivity contribution in [3.8, 4) is 0 Å². The standard InChI is InChI=1S/C35H47N3O8/c1-34(2,3)38-20-13-18-35-28(31(41)37(30(35)32(38)42)19-11-6-12-21-39)27-25(46-35)16-9-10-17-26(40)36-24(22-44-4)29(45-33(27)43)23-14-7-5-8-15-23/h5,7-9,13-16,18,24-25,27-30,39H,6,10-12,17,19-22H2,1-4H3,(H,36,40)/b16-9-/t24-,25-,27+,28+,29-,30-,35+/m0/s1. The van der Waals surface area contributed by atoms with Gasteiger partial charge in [0.15, 0.2) is 0 Å². The van der Waals surface area contributed by atoms with Gasteiger partial charge in [0.2, 0.25) is 17.7 Å². The van der Waals surface area contributed by atoms with E-state index in [0.717, 1.165) is 0 Å². The molecule has 4 aliphatic heterocycles. The van der Waals surface area contributed by atoms with Gasteiger partial charge in [-0.2, -0.15) is 0 Å². The third-order valence-electron chi connectivity index (χ3n) is 9.43. The number of hydrogen-bond acceptors (Lipinski definition) is 8. The number of aliphatic hydroxyl groups is 1. The maximum Gasteiger partial charge on any atom is 0.313 e. The highest BCUT2D eigenvalue weighted by Gasteiger charge is 2.72. The van der Waals surface area contributed by atoms with Crippen LogP contribution in [0.2, 0.25) is 0 Å². The number of esters is 1. The lowest BCUT2D eigenvalue weighted by Gasteiger charge is -2.40. The molecule has 4 heterocycles. The maximum atomic E-state index is 14.5. The molecule has 0 unspecified atom stereocenters. The number of ether oxygens (including phenoxy) is 3. The van der Waals surface area contributed by atoms with Crippen LogP contribution in [-0.2, 0) is 33.4 Å². The number of allylic oxidation sites excluding steroid dienone is 1. The monoisotopic (exact) mass is 637 g/mol. The number of nitrogens with one attached hydrogen (secondary N) is 1. The van der Waals surface area contributed by atoms with E-state index in [0.29, 0.717) is 44.3 Å². The van der Waals surface area contributed by atoms with Crippen molar-refractivity contribution in [1.82, 2.24) is 15.1 Å². The fraction of sp³-hybridized carbons (Fsp3) is 0.600. The molecule has 1 aromatic carbocycles. The Morgan fingerprint density at radius 1 is 1.04 bits per heavy atom. The fourth-order valence-corrected chi connectivity index (χ4v) is 7.30. The summed E-state index contributed by atoms with van der Waals surface area (Å²) in [6.07, 6.45) is 7.89. The first-order valence-electron chi connectivity index (χ1n) is 16.3. The molecule has 5 rings (SSSR count). The number of hydrogen-bond donors (Lipinski definition) is 2. The zero-order chi connectivity index (χ0) is 33.1. The fourth-order valence-electron chi connectivity index (χ4n) is 7.30. The van der Waals surface area contributed by atoms with Gasteiger partial charge in [-0.25, -0.2) is 0 Å². The predicted molar refractivity (Wildman–Crippen MR) is 169 cm³/mol. The SMILES string of the molecule is COC[C@@H]1NC(=O)CC/C=C\[C@@H]2O[C@@]34C=CCN(C(C)(C)C)C(=O)[C@@H]3N(CCCCCO)C(=O)[C@H]4[C@@H]2C(=O)O[C@H]1c1ccccc1. The summed E-state index contributed by atoms with van der Waals surface area (Å²) < 4.78 is 18.5. The van der Waals surface area contributed by atoms with Crippen molar-refractivity contribution in [3.63, 3.8) is 0 Å². The van der Waals surface area contributed by atoms with Crippen LogP contribution >= 0.6 is 0 Å². The number of benzene rings is 1. The minimum absolute atomic E-state index is 0.0432. The molecule has 2 N–H and O–H groups in total. The molecule has 4 aliphatic rings. The largest absolute Gasteiger partial charge is 0.455 e. The average molecular weight is 638 g/mol. The minimum atomic E-state index is -1.40. The summed E-state index contributed by atoms with van der Waals surface area (Å²) in [5.41, 5.74) is -1.25. The Bertz CT molecular complexity index is 1340. The lowest BCUT2D eigenvalue weighted by Crippen LogP contribution is -2.58. The van der Waals surface area contributed by atoms with E-state index in [9.17, 15) is 24.3 Å². The summed E-state index contributed by atoms with van der Waals surface area (Å²) in [4.78, 5) is 59.7. The van der Waals surface area contributed by atoms with E-state index in [1.165, 1.54) is 7.11 Å². The van der Waals surface area contributed by atoms with Crippen LogP contribution in [-0.4, -0.2) is 101 Å². The van der Waals surface area contributed by atoms with E-state index < -0.39 is 53.2 Å². The van der Waals surface area contributed by atoms with Gasteiger partial charge in [-0.15, -0.1) is 0 Å². The quantitative estimate of drug-likeness (QED) is 0.253. The van der Waals surface area contributed by atoms with E-state index >= 15 is 0 Å². The van der Waals surface area contributed by atoms with E-state index in [1.807, 2.05) is 63.3 Å². The van der Waals surface area contributed by atoms with Gasteiger partial charge in [-0.1, -0.05) is 54.6 Å². The number of amides is 3. The summed E-state index contributed by atoms with van der Waals surface area (Å²) >= 11 is 0. The zero-order valence-corrected chi connectivity index (χ0v) is 27.2. The van der Waals surface area contributed by atoms with Gasteiger partial charge in [-0.3, -0.25) is 19.2 Å². The highest BCUT2D eigenvalue weighted by Crippen LogP contribution is 2.53. The van der Waals surface area contributed by atoms with Crippen LogP contribution in [0, 0.1) is 11.8 Å². The molecule has 1 spiro atoms. The van der Waals surface area contributed by atoms with E-state index in [4.69, 9.17) is 14.2 Å². The van der Waals surface area contributed by atoms with Crippen LogP contribution in [0.1, 0.15) is 64.5 Å². The second-order valence-corrected chi connectivity index (χ2v) is 13.5. The molecule has 0 saturated carbocycles. The molecule has 11 heteroatoms. The topological polar surface area (TPSA) is 135 Å². The Hall–Kier alpha value is -3.54. The first-order chi connectivity index (χ1) is 22.0. The lowest BCUT2D eigenvalue weighted by molar-refractivity contribution is -0.162. The van der Waals surface area contributed by atoms with Gasteiger partial charge in [-0.05, 0) is 52.0 Å². The maximum absolute atomic E-state index is 14.5. The van der Waals surface area contributed by atoms with E-state index in [2.05, 4.69) is 5.32 Å². The van der Waals surface area contributed by atoms with Crippen molar-refractivity contribution in [3.05, 3.63) is 60.2 Å². The molecule has 46 heavy (non-hydrogen) atoms. The molecule has 0 bridgehead atoms. The van der Waals surface area contributed by atoms with Crippen LogP contribution in [0.5, 0.6) is 0 Å². The summed E-state index contributed by atoms with van der Waals surface area (Å²) in [5, 5.41) is 12.3. The van der Waals surface area contributed by atoms with Crippen molar-refractivity contribution in [2.45, 2.75) is 88.3 Å². The van der Waals surface area contributed by atoms with Crippen LogP contribution in [0.15, 0.2) is 54.6 Å². The molecule has 11 nitrogen and oxygen atoms in total. The Kier molecular flexibility index (Phi) is 10.3. The van der Waals surface area contributed by atoms with Crippen LogP contribution in [0.25, 0.3) is 0 Å². The summed E-state index contributed by atoms with van der Waals surface area (Å²) in [5.74, 6) is -3.47. The zero-order valence-electron chi connectivity index (χ0n) is 27.2. The highest BCUT2D eigenvalue weighted by atomic mass is 16.6. The number of fused-ring (bicyclic) bond motifs is 2. The van der Waals surface area contributed by atoms with Crippen molar-refractivity contribution < 1.29 is 38.5 Å². The van der Waals surface area contributed by atoms with Gasteiger partial charge in [0.05, 0.1) is 24.7 Å². The summed E-state index contributed by atoms with van der Waals surface area (Å²) in [6.45, 7) is 6.62. The predicted octanol–water partition coefficient (Wildman–Crippen LogP) is 2.69. The van der Waals surface area contributed by atoms with Crippen molar-refractivity contribution in [1.29, 1.82) is 0 Å². The molecule has 3 amide bonds.